The first-order valence-corrected chi connectivity index (χ1v) is 17.7. The second-order valence-corrected chi connectivity index (χ2v) is 12.1. The van der Waals surface area contributed by atoms with E-state index in [4.69, 9.17) is 14.6 Å². The highest BCUT2D eigenvalue weighted by atomic mass is 16.6. The average Bonchev–Trinajstić information content (AvgIpc) is 2.98. The van der Waals surface area contributed by atoms with Gasteiger partial charge in [0.1, 0.15) is 6.61 Å². The van der Waals surface area contributed by atoms with Gasteiger partial charge in [-0.2, -0.15) is 0 Å². The van der Waals surface area contributed by atoms with Crippen molar-refractivity contribution in [2.75, 3.05) is 13.2 Å². The lowest BCUT2D eigenvalue weighted by Gasteiger charge is -2.19. The molecule has 0 spiro atoms. The van der Waals surface area contributed by atoms with Crippen molar-refractivity contribution in [3.63, 3.8) is 0 Å². The van der Waals surface area contributed by atoms with E-state index < -0.39 is 18.0 Å². The Labute approximate surface area is 262 Å². The number of nitrogens with one attached hydrogen (secondary N) is 1. The summed E-state index contributed by atoms with van der Waals surface area (Å²) in [5.41, 5.74) is 0. The Kier molecular flexibility index (Phi) is 29.8. The zero-order valence-corrected chi connectivity index (χ0v) is 27.8. The van der Waals surface area contributed by atoms with Crippen molar-refractivity contribution >= 4 is 23.8 Å². The first-order valence-electron chi connectivity index (χ1n) is 17.7. The van der Waals surface area contributed by atoms with Crippen molar-refractivity contribution in [2.24, 2.45) is 0 Å². The average molecular weight is 612 g/mol. The number of carbonyl (C=O) groups is 4. The zero-order chi connectivity index (χ0) is 31.8. The van der Waals surface area contributed by atoms with Gasteiger partial charge < -0.3 is 19.9 Å². The van der Waals surface area contributed by atoms with Crippen molar-refractivity contribution in [3.05, 3.63) is 0 Å². The molecule has 0 bridgehead atoms. The van der Waals surface area contributed by atoms with Crippen LogP contribution in [0, 0.1) is 0 Å². The second-order valence-electron chi connectivity index (χ2n) is 12.1. The lowest BCUT2D eigenvalue weighted by molar-refractivity contribution is -0.159. The summed E-state index contributed by atoms with van der Waals surface area (Å²) in [5, 5.41) is 11.4. The number of ether oxygens (including phenoxy) is 2. The van der Waals surface area contributed by atoms with Crippen LogP contribution in [0.2, 0.25) is 0 Å². The maximum Gasteiger partial charge on any atom is 0.306 e. The molecule has 8 heteroatoms. The molecule has 0 fully saturated rings. The van der Waals surface area contributed by atoms with Gasteiger partial charge in [0.15, 0.2) is 6.10 Å². The van der Waals surface area contributed by atoms with E-state index in [9.17, 15) is 19.2 Å². The van der Waals surface area contributed by atoms with Crippen LogP contribution in [-0.2, 0) is 28.7 Å². The van der Waals surface area contributed by atoms with Crippen LogP contribution in [0.5, 0.6) is 0 Å². The molecule has 0 aliphatic heterocycles. The Morgan fingerprint density at radius 2 is 0.930 bits per heavy atom. The van der Waals surface area contributed by atoms with Gasteiger partial charge in [-0.1, -0.05) is 142 Å². The number of esters is 2. The summed E-state index contributed by atoms with van der Waals surface area (Å²) in [6.45, 7) is 4.32. The van der Waals surface area contributed by atoms with Crippen molar-refractivity contribution < 1.29 is 33.8 Å². The van der Waals surface area contributed by atoms with E-state index in [2.05, 4.69) is 19.2 Å². The van der Waals surface area contributed by atoms with Gasteiger partial charge in [0.05, 0.1) is 13.0 Å². The summed E-state index contributed by atoms with van der Waals surface area (Å²) in [7, 11) is 0. The highest BCUT2D eigenvalue weighted by Crippen LogP contribution is 2.14. The molecule has 0 aromatic rings. The number of carboxylic acids is 1. The predicted octanol–water partition coefficient (Wildman–Crippen LogP) is 8.82. The summed E-state index contributed by atoms with van der Waals surface area (Å²) in [6.07, 6.45) is 25.7. The molecule has 8 nitrogen and oxygen atoms in total. The van der Waals surface area contributed by atoms with E-state index in [1.165, 1.54) is 103 Å². The van der Waals surface area contributed by atoms with Crippen LogP contribution in [0.15, 0.2) is 0 Å². The quantitative estimate of drug-likeness (QED) is 0.0576. The summed E-state index contributed by atoms with van der Waals surface area (Å²) in [5.74, 6) is -2.20. The van der Waals surface area contributed by atoms with Crippen molar-refractivity contribution in [1.29, 1.82) is 0 Å². The summed E-state index contributed by atoms with van der Waals surface area (Å²) in [6, 6.07) is 0. The molecule has 0 aromatic carbocycles. The fraction of sp³-hybridized carbons (Fsp3) is 0.886. The van der Waals surface area contributed by atoms with Gasteiger partial charge in [0.2, 0.25) is 5.91 Å². The van der Waals surface area contributed by atoms with Crippen molar-refractivity contribution in [2.45, 2.75) is 187 Å². The molecule has 2 N–H and O–H groups in total. The van der Waals surface area contributed by atoms with Crippen LogP contribution < -0.4 is 5.32 Å². The number of hydrogen-bond donors (Lipinski definition) is 2. The second kappa shape index (κ2) is 31.3. The summed E-state index contributed by atoms with van der Waals surface area (Å²) >= 11 is 0. The predicted molar refractivity (Wildman–Crippen MR) is 173 cm³/mol. The van der Waals surface area contributed by atoms with Crippen LogP contribution in [0.4, 0.5) is 0 Å². The topological polar surface area (TPSA) is 119 Å². The largest absolute Gasteiger partial charge is 0.481 e. The SMILES string of the molecule is CCCCCCCCCCCCCC(=O)OCC(CNC(=O)CCC(=O)O)OC(=O)CCCCCCCCCCCCC. The molecule has 0 aliphatic carbocycles. The molecular formula is C35H65NO7. The minimum absolute atomic E-state index is 0.0197. The lowest BCUT2D eigenvalue weighted by atomic mass is 10.1. The highest BCUT2D eigenvalue weighted by molar-refractivity contribution is 5.80. The first-order chi connectivity index (χ1) is 20.9. The van der Waals surface area contributed by atoms with Gasteiger partial charge in [-0.3, -0.25) is 19.2 Å². The molecule has 0 aliphatic rings. The van der Waals surface area contributed by atoms with Crippen molar-refractivity contribution in [1.82, 2.24) is 5.32 Å². The molecule has 0 radical (unpaired) electrons. The fourth-order valence-electron chi connectivity index (χ4n) is 5.04. The van der Waals surface area contributed by atoms with Crippen molar-refractivity contribution in [3.8, 4) is 0 Å². The number of carboxylic acid groups (broad SMARTS) is 1. The van der Waals surface area contributed by atoms with Crippen LogP contribution in [0.3, 0.4) is 0 Å². The van der Waals surface area contributed by atoms with Gasteiger partial charge >= 0.3 is 17.9 Å². The molecule has 1 atom stereocenters. The summed E-state index contributed by atoms with van der Waals surface area (Å²) in [4.78, 5) is 47.4. The van der Waals surface area contributed by atoms with Crippen LogP contribution >= 0.6 is 0 Å². The van der Waals surface area contributed by atoms with E-state index in [1.54, 1.807) is 0 Å². The van der Waals surface area contributed by atoms with E-state index in [0.717, 1.165) is 38.5 Å². The Morgan fingerprint density at radius 1 is 0.535 bits per heavy atom. The van der Waals surface area contributed by atoms with E-state index >= 15 is 0 Å². The Morgan fingerprint density at radius 3 is 1.35 bits per heavy atom. The smallest absolute Gasteiger partial charge is 0.306 e. The Balaban J connectivity index is 4.21. The summed E-state index contributed by atoms with van der Waals surface area (Å²) < 4.78 is 10.9. The number of unbranched alkanes of at least 4 members (excludes halogenated alkanes) is 20. The third-order valence-electron chi connectivity index (χ3n) is 7.79. The highest BCUT2D eigenvalue weighted by Gasteiger charge is 2.18. The fourth-order valence-corrected chi connectivity index (χ4v) is 5.04. The Bertz CT molecular complexity index is 698. The number of hydrogen-bond acceptors (Lipinski definition) is 6. The monoisotopic (exact) mass is 611 g/mol. The first kappa shape index (κ1) is 40.9. The third kappa shape index (κ3) is 31.1. The third-order valence-corrected chi connectivity index (χ3v) is 7.79. The molecule has 0 aromatic heterocycles. The molecule has 1 amide bonds. The molecule has 0 rings (SSSR count). The normalized spacial score (nSPS) is 11.7. The standard InChI is InChI=1S/C35H65NO7/c1-3-5-7-9-11-13-15-17-19-21-23-25-34(40)42-30-31(29-36-32(37)27-28-33(38)39)43-35(41)26-24-22-20-18-16-14-12-10-8-6-4-2/h31H,3-30H2,1-2H3,(H,36,37)(H,38,39). The van der Waals surface area contributed by atoms with Crippen LogP contribution in [-0.4, -0.2) is 48.2 Å². The molecule has 0 heterocycles. The maximum atomic E-state index is 12.4. The molecule has 43 heavy (non-hydrogen) atoms. The van der Waals surface area contributed by atoms with Gasteiger partial charge in [0, 0.05) is 19.3 Å². The Hall–Kier alpha value is -2.12. The number of amides is 1. The van der Waals surface area contributed by atoms with Gasteiger partial charge in [-0.05, 0) is 12.8 Å². The van der Waals surface area contributed by atoms with Crippen LogP contribution in [0.25, 0.3) is 0 Å². The van der Waals surface area contributed by atoms with E-state index in [-0.39, 0.29) is 44.4 Å². The lowest BCUT2D eigenvalue weighted by Crippen LogP contribution is -2.38. The molecule has 0 saturated carbocycles. The number of rotatable bonds is 32. The maximum absolute atomic E-state index is 12.4. The van der Waals surface area contributed by atoms with Gasteiger partial charge in [0.25, 0.3) is 0 Å². The van der Waals surface area contributed by atoms with Gasteiger partial charge in [-0.15, -0.1) is 0 Å². The van der Waals surface area contributed by atoms with Crippen LogP contribution in [0.1, 0.15) is 181 Å². The molecular weight excluding hydrogens is 546 g/mol. The minimum Gasteiger partial charge on any atom is -0.481 e. The van der Waals surface area contributed by atoms with E-state index in [0.29, 0.717) is 6.42 Å². The number of carbonyl (C=O) groups excluding carboxylic acids is 3. The molecule has 1 unspecified atom stereocenters. The molecule has 0 saturated heterocycles. The minimum atomic E-state index is -1.05. The zero-order valence-electron chi connectivity index (χ0n) is 27.8. The van der Waals surface area contributed by atoms with E-state index in [1.807, 2.05) is 0 Å². The number of aliphatic carboxylic acids is 1. The molecule has 252 valence electrons. The van der Waals surface area contributed by atoms with Gasteiger partial charge in [-0.25, -0.2) is 0 Å².